The molecule has 1 atom stereocenters. The van der Waals surface area contributed by atoms with Crippen LogP contribution in [0.1, 0.15) is 18.5 Å². The molecule has 28 heavy (non-hydrogen) atoms. The van der Waals surface area contributed by atoms with E-state index in [1.54, 1.807) is 31.2 Å². The summed E-state index contributed by atoms with van der Waals surface area (Å²) in [6, 6.07) is 9.21. The van der Waals surface area contributed by atoms with Crippen molar-refractivity contribution in [2.45, 2.75) is 13.0 Å². The van der Waals surface area contributed by atoms with Gasteiger partial charge in [-0.05, 0) is 42.8 Å². The molecule has 0 aliphatic carbocycles. The average molecular weight is 421 g/mol. The first-order valence-corrected chi connectivity index (χ1v) is 8.81. The maximum absolute atomic E-state index is 12.9. The third-order valence-electron chi connectivity index (χ3n) is 4.12. The van der Waals surface area contributed by atoms with E-state index in [1.165, 1.54) is 18.2 Å². The Balaban J connectivity index is 1.99. The van der Waals surface area contributed by atoms with Gasteiger partial charge in [-0.1, -0.05) is 29.3 Å². The maximum atomic E-state index is 12.9. The fraction of sp³-hybridized carbons (Fsp3) is 0.111. The van der Waals surface area contributed by atoms with Gasteiger partial charge < -0.3 is 16.0 Å². The van der Waals surface area contributed by atoms with Crippen molar-refractivity contribution in [2.24, 2.45) is 0 Å². The SMILES string of the molecule is CC1=C(C(=O)Nc2ccc(Cl)cc2)[C@@H](c2ccc(Cl)c([N+](=O)[O-])c2)NC(=O)N1. The number of halogens is 2. The van der Waals surface area contributed by atoms with E-state index >= 15 is 0 Å². The number of nitro groups is 1. The summed E-state index contributed by atoms with van der Waals surface area (Å²) in [6.45, 7) is 1.58. The molecule has 0 unspecified atom stereocenters. The monoisotopic (exact) mass is 420 g/mol. The summed E-state index contributed by atoms with van der Waals surface area (Å²) in [4.78, 5) is 35.4. The third-order valence-corrected chi connectivity index (χ3v) is 4.69. The quantitative estimate of drug-likeness (QED) is 0.508. The molecule has 3 amide bonds. The van der Waals surface area contributed by atoms with Crippen LogP contribution in [0.3, 0.4) is 0 Å². The van der Waals surface area contributed by atoms with Crippen LogP contribution in [-0.4, -0.2) is 16.9 Å². The van der Waals surface area contributed by atoms with Crippen LogP contribution in [0.5, 0.6) is 0 Å². The van der Waals surface area contributed by atoms with E-state index in [0.717, 1.165) is 0 Å². The molecule has 0 radical (unpaired) electrons. The summed E-state index contributed by atoms with van der Waals surface area (Å²) in [6.07, 6.45) is 0. The number of amides is 3. The molecule has 8 nitrogen and oxygen atoms in total. The van der Waals surface area contributed by atoms with Gasteiger partial charge in [-0.15, -0.1) is 0 Å². The van der Waals surface area contributed by atoms with Crippen LogP contribution < -0.4 is 16.0 Å². The lowest BCUT2D eigenvalue weighted by molar-refractivity contribution is -0.384. The van der Waals surface area contributed by atoms with Crippen LogP contribution in [0.25, 0.3) is 0 Å². The molecule has 0 fully saturated rings. The Bertz CT molecular complexity index is 1010. The fourth-order valence-corrected chi connectivity index (χ4v) is 3.14. The molecule has 3 N–H and O–H groups in total. The normalized spacial score (nSPS) is 16.2. The van der Waals surface area contributed by atoms with Gasteiger partial charge in [0, 0.05) is 22.5 Å². The lowest BCUT2D eigenvalue weighted by Crippen LogP contribution is -2.46. The Kier molecular flexibility index (Phi) is 5.53. The van der Waals surface area contributed by atoms with Crippen molar-refractivity contribution in [1.29, 1.82) is 0 Å². The summed E-state index contributed by atoms with van der Waals surface area (Å²) < 4.78 is 0. The van der Waals surface area contributed by atoms with E-state index in [-0.39, 0.29) is 16.3 Å². The lowest BCUT2D eigenvalue weighted by atomic mass is 9.94. The van der Waals surface area contributed by atoms with Crippen LogP contribution in [0, 0.1) is 10.1 Å². The minimum atomic E-state index is -0.892. The zero-order valence-electron chi connectivity index (χ0n) is 14.5. The molecule has 2 aromatic rings. The average Bonchev–Trinajstić information content (AvgIpc) is 2.63. The van der Waals surface area contributed by atoms with E-state index < -0.39 is 22.9 Å². The van der Waals surface area contributed by atoms with Gasteiger partial charge >= 0.3 is 6.03 Å². The van der Waals surface area contributed by atoms with E-state index in [2.05, 4.69) is 16.0 Å². The van der Waals surface area contributed by atoms with Gasteiger partial charge in [-0.25, -0.2) is 4.79 Å². The summed E-state index contributed by atoms with van der Waals surface area (Å²) in [5.41, 5.74) is 1.09. The predicted molar refractivity (Wildman–Crippen MR) is 105 cm³/mol. The molecule has 0 aromatic heterocycles. The fourth-order valence-electron chi connectivity index (χ4n) is 2.83. The topological polar surface area (TPSA) is 113 Å². The minimum absolute atomic E-state index is 0.0399. The molecule has 1 heterocycles. The molecule has 144 valence electrons. The number of nitrogens with zero attached hydrogens (tertiary/aromatic N) is 1. The number of benzene rings is 2. The molecule has 3 rings (SSSR count). The number of carbonyl (C=O) groups is 2. The van der Waals surface area contributed by atoms with E-state index in [9.17, 15) is 19.7 Å². The maximum Gasteiger partial charge on any atom is 0.319 e. The molecule has 0 spiro atoms. The largest absolute Gasteiger partial charge is 0.327 e. The van der Waals surface area contributed by atoms with Crippen LogP contribution in [0.2, 0.25) is 10.0 Å². The Labute approximate surface area is 169 Å². The molecule has 0 saturated carbocycles. The first kappa shape index (κ1) is 19.7. The van der Waals surface area contributed by atoms with Gasteiger partial charge in [-0.2, -0.15) is 0 Å². The third kappa shape index (κ3) is 4.08. The number of carbonyl (C=O) groups excluding carboxylic acids is 2. The lowest BCUT2D eigenvalue weighted by Gasteiger charge is -2.28. The Morgan fingerprint density at radius 1 is 1.18 bits per heavy atom. The smallest absolute Gasteiger partial charge is 0.319 e. The summed E-state index contributed by atoms with van der Waals surface area (Å²) in [5, 5.41) is 19.6. The number of urea groups is 1. The van der Waals surface area contributed by atoms with Crippen LogP contribution >= 0.6 is 23.2 Å². The van der Waals surface area contributed by atoms with Crippen LogP contribution in [0.4, 0.5) is 16.2 Å². The van der Waals surface area contributed by atoms with Crippen molar-refractivity contribution in [3.8, 4) is 0 Å². The predicted octanol–water partition coefficient (Wildman–Crippen LogP) is 4.17. The van der Waals surface area contributed by atoms with Crippen molar-refractivity contribution in [2.75, 3.05) is 5.32 Å². The van der Waals surface area contributed by atoms with Crippen molar-refractivity contribution >= 4 is 46.5 Å². The molecular weight excluding hydrogens is 407 g/mol. The number of hydrogen-bond donors (Lipinski definition) is 3. The molecule has 10 heteroatoms. The van der Waals surface area contributed by atoms with Gasteiger partial charge in [0.15, 0.2) is 0 Å². The Morgan fingerprint density at radius 3 is 2.50 bits per heavy atom. The van der Waals surface area contributed by atoms with Crippen molar-refractivity contribution in [1.82, 2.24) is 10.6 Å². The van der Waals surface area contributed by atoms with Crippen molar-refractivity contribution in [3.05, 3.63) is 79.5 Å². The van der Waals surface area contributed by atoms with Crippen molar-refractivity contribution < 1.29 is 14.5 Å². The van der Waals surface area contributed by atoms with E-state index in [4.69, 9.17) is 23.2 Å². The van der Waals surface area contributed by atoms with Gasteiger partial charge in [0.25, 0.3) is 11.6 Å². The number of allylic oxidation sites excluding steroid dienone is 1. The number of rotatable bonds is 4. The highest BCUT2D eigenvalue weighted by molar-refractivity contribution is 6.32. The second-order valence-corrected chi connectivity index (χ2v) is 6.84. The number of nitrogens with one attached hydrogen (secondary N) is 3. The van der Waals surface area contributed by atoms with Gasteiger partial charge in [0.2, 0.25) is 0 Å². The number of hydrogen-bond acceptors (Lipinski definition) is 4. The van der Waals surface area contributed by atoms with Gasteiger partial charge in [0.05, 0.1) is 16.5 Å². The van der Waals surface area contributed by atoms with E-state index in [0.29, 0.717) is 22.0 Å². The number of nitro benzene ring substituents is 1. The van der Waals surface area contributed by atoms with Gasteiger partial charge in [-0.3, -0.25) is 14.9 Å². The molecule has 0 saturated heterocycles. The highest BCUT2D eigenvalue weighted by Crippen LogP contribution is 2.33. The number of anilines is 1. The molecule has 0 bridgehead atoms. The molecule has 1 aliphatic heterocycles. The summed E-state index contributed by atoms with van der Waals surface area (Å²) in [7, 11) is 0. The zero-order chi connectivity index (χ0) is 20.4. The minimum Gasteiger partial charge on any atom is -0.327 e. The summed E-state index contributed by atoms with van der Waals surface area (Å²) in [5.74, 6) is -0.477. The molecular formula is C18H14Cl2N4O4. The van der Waals surface area contributed by atoms with E-state index in [1.807, 2.05) is 0 Å². The standard InChI is InChI=1S/C18H14Cl2N4O4/c1-9-15(17(25)22-12-5-3-11(19)4-6-12)16(23-18(26)21-9)10-2-7-13(20)14(8-10)24(27)28/h2-8,16H,1H3,(H,22,25)(H2,21,23,26)/t16-/m1/s1. The Morgan fingerprint density at radius 2 is 1.86 bits per heavy atom. The molecule has 2 aromatic carbocycles. The first-order valence-electron chi connectivity index (χ1n) is 8.05. The second-order valence-electron chi connectivity index (χ2n) is 6.00. The highest BCUT2D eigenvalue weighted by Gasteiger charge is 2.32. The Hall–Kier alpha value is -3.10. The highest BCUT2D eigenvalue weighted by atomic mass is 35.5. The summed E-state index contributed by atoms with van der Waals surface area (Å²) >= 11 is 11.7. The van der Waals surface area contributed by atoms with Gasteiger partial charge in [0.1, 0.15) is 5.02 Å². The van der Waals surface area contributed by atoms with Crippen LogP contribution in [0.15, 0.2) is 53.7 Å². The van der Waals surface area contributed by atoms with Crippen LogP contribution in [-0.2, 0) is 4.79 Å². The molecule has 1 aliphatic rings. The zero-order valence-corrected chi connectivity index (χ0v) is 16.0. The second kappa shape index (κ2) is 7.87. The first-order chi connectivity index (χ1) is 13.3. The van der Waals surface area contributed by atoms with Crippen molar-refractivity contribution in [3.63, 3.8) is 0 Å².